The summed E-state index contributed by atoms with van der Waals surface area (Å²) in [5.74, 6) is -19.8. The highest BCUT2D eigenvalue weighted by Gasteiger charge is 2.61. The normalized spacial score (nSPS) is 18.1. The molecule has 0 saturated carbocycles. The first-order valence-electron chi connectivity index (χ1n) is 8.86. The Hall–Kier alpha value is -0.820. The Morgan fingerprint density at radius 3 is 1.97 bits per heavy atom. The zero-order valence-electron chi connectivity index (χ0n) is 15.7. The van der Waals surface area contributed by atoms with E-state index < -0.39 is 55.9 Å². The molecule has 0 radical (unpaired) electrons. The largest absolute Gasteiger partial charge is 0.379 e. The highest BCUT2D eigenvalue weighted by atomic mass is 19.3. The zero-order chi connectivity index (χ0) is 22.5. The first kappa shape index (κ1) is 26.2. The first-order chi connectivity index (χ1) is 13.1. The van der Waals surface area contributed by atoms with Gasteiger partial charge in [0, 0.05) is 39.0 Å². The van der Waals surface area contributed by atoms with Crippen molar-refractivity contribution in [2.45, 2.75) is 49.4 Å². The second kappa shape index (κ2) is 9.99. The molecule has 1 heterocycles. The summed E-state index contributed by atoms with van der Waals surface area (Å²) in [6.45, 7) is 1.20. The van der Waals surface area contributed by atoms with Crippen LogP contribution in [-0.2, 0) is 4.74 Å². The van der Waals surface area contributed by atoms with Crippen molar-refractivity contribution in [1.82, 2.24) is 9.80 Å². The lowest BCUT2D eigenvalue weighted by Gasteiger charge is -2.33. The lowest BCUT2D eigenvalue weighted by Crippen LogP contribution is -2.49. The second-order valence-electron chi connectivity index (χ2n) is 7.20. The number of ether oxygens (including phenoxy) is 1. The molecule has 0 amide bonds. The molecule has 0 atom stereocenters. The van der Waals surface area contributed by atoms with Gasteiger partial charge < -0.3 is 4.74 Å². The van der Waals surface area contributed by atoms with Gasteiger partial charge in [-0.05, 0) is 7.05 Å². The van der Waals surface area contributed by atoms with Crippen LogP contribution in [0.25, 0.3) is 0 Å². The minimum atomic E-state index is -5.35. The molecule has 3 nitrogen and oxygen atoms in total. The zero-order valence-corrected chi connectivity index (χ0v) is 15.7. The fourth-order valence-corrected chi connectivity index (χ4v) is 2.74. The molecule has 1 rings (SSSR count). The average molecular weight is 450 g/mol. The molecule has 0 bridgehead atoms. The van der Waals surface area contributed by atoms with E-state index >= 15 is 0 Å². The van der Waals surface area contributed by atoms with E-state index in [-0.39, 0.29) is 6.54 Å². The van der Waals surface area contributed by atoms with E-state index in [4.69, 9.17) is 4.74 Å². The van der Waals surface area contributed by atoms with Gasteiger partial charge in [-0.15, -0.1) is 0 Å². The summed E-state index contributed by atoms with van der Waals surface area (Å²) in [7, 11) is 1.20. The van der Waals surface area contributed by atoms with Crippen molar-refractivity contribution in [2.75, 3.05) is 53.0 Å². The third-order valence-corrected chi connectivity index (χ3v) is 4.51. The van der Waals surface area contributed by atoms with E-state index in [2.05, 4.69) is 0 Å². The van der Waals surface area contributed by atoms with Crippen LogP contribution in [0.3, 0.4) is 0 Å². The Bertz CT molecular complexity index is 498. The van der Waals surface area contributed by atoms with Crippen molar-refractivity contribution in [3.05, 3.63) is 0 Å². The van der Waals surface area contributed by atoms with Crippen molar-refractivity contribution in [1.29, 1.82) is 0 Å². The van der Waals surface area contributed by atoms with Crippen LogP contribution >= 0.6 is 0 Å². The quantitative estimate of drug-likeness (QED) is 0.414. The molecule has 0 spiro atoms. The molecular weight excluding hydrogens is 426 g/mol. The molecule has 13 heteroatoms. The van der Waals surface area contributed by atoms with Gasteiger partial charge in [0.15, 0.2) is 0 Å². The number of rotatable bonds is 12. The third kappa shape index (κ3) is 8.44. The van der Waals surface area contributed by atoms with Crippen LogP contribution in [0.2, 0.25) is 0 Å². The molecule has 29 heavy (non-hydrogen) atoms. The third-order valence-electron chi connectivity index (χ3n) is 4.51. The molecule has 0 N–H and O–H groups in total. The summed E-state index contributed by atoms with van der Waals surface area (Å²) in [6.07, 6.45) is -11.5. The maximum Gasteiger partial charge on any atom is 0.316 e. The van der Waals surface area contributed by atoms with Gasteiger partial charge in [-0.2, -0.15) is 17.6 Å². The molecule has 0 aliphatic carbocycles. The number of morpholine rings is 1. The molecule has 1 fully saturated rings. The lowest BCUT2D eigenvalue weighted by molar-refractivity contribution is -0.250. The van der Waals surface area contributed by atoms with Crippen molar-refractivity contribution in [3.63, 3.8) is 0 Å². The van der Waals surface area contributed by atoms with Crippen LogP contribution in [0, 0.1) is 0 Å². The summed E-state index contributed by atoms with van der Waals surface area (Å²) in [5.41, 5.74) is 0. The fourth-order valence-electron chi connectivity index (χ4n) is 2.74. The second-order valence-corrected chi connectivity index (χ2v) is 7.20. The summed E-state index contributed by atoms with van der Waals surface area (Å²) < 4.78 is 137. The molecule has 0 unspecified atom stereocenters. The SMILES string of the molecule is CN(CCN1CCOCC1)CC(F)(F)CC(F)(F)C(F)(F)CCC(F)(F)C(F)F. The van der Waals surface area contributed by atoms with Crippen molar-refractivity contribution in [3.8, 4) is 0 Å². The molecule has 0 aromatic heterocycles. The first-order valence-corrected chi connectivity index (χ1v) is 8.86. The van der Waals surface area contributed by atoms with Crippen molar-refractivity contribution < 1.29 is 48.6 Å². The van der Waals surface area contributed by atoms with Gasteiger partial charge in [-0.3, -0.25) is 9.80 Å². The predicted octanol–water partition coefficient (Wildman–Crippen LogP) is 4.23. The van der Waals surface area contributed by atoms with Crippen LogP contribution in [-0.4, -0.2) is 92.9 Å². The Labute approximate surface area is 161 Å². The lowest BCUT2D eigenvalue weighted by atomic mass is 9.98. The van der Waals surface area contributed by atoms with Gasteiger partial charge in [-0.1, -0.05) is 0 Å². The fraction of sp³-hybridized carbons (Fsp3) is 1.00. The van der Waals surface area contributed by atoms with Gasteiger partial charge in [0.25, 0.3) is 5.92 Å². The minimum absolute atomic E-state index is 0.0537. The summed E-state index contributed by atoms with van der Waals surface area (Å²) in [5, 5.41) is 0. The van der Waals surface area contributed by atoms with Crippen molar-refractivity contribution in [2.24, 2.45) is 0 Å². The monoisotopic (exact) mass is 450 g/mol. The average Bonchev–Trinajstić information content (AvgIpc) is 2.57. The predicted molar refractivity (Wildman–Crippen MR) is 84.4 cm³/mol. The van der Waals surface area contributed by atoms with Crippen molar-refractivity contribution >= 4 is 0 Å². The van der Waals surface area contributed by atoms with Crippen LogP contribution in [0.1, 0.15) is 19.3 Å². The van der Waals surface area contributed by atoms with Gasteiger partial charge in [0.05, 0.1) is 26.2 Å². The smallest absolute Gasteiger partial charge is 0.316 e. The standard InChI is InChI=1S/C16H24F10N2O/c1-27(4-5-28-6-8-29-9-7-28)11-13(19,20)10-16(25,26)15(23,24)3-2-14(21,22)12(17)18/h12H,2-11H2,1H3. The maximum atomic E-state index is 13.9. The van der Waals surface area contributed by atoms with Crippen LogP contribution in [0.15, 0.2) is 0 Å². The molecule has 0 aromatic rings. The van der Waals surface area contributed by atoms with Gasteiger partial charge in [-0.25, -0.2) is 26.3 Å². The number of hydrogen-bond acceptors (Lipinski definition) is 3. The summed E-state index contributed by atoms with van der Waals surface area (Å²) >= 11 is 0. The van der Waals surface area contributed by atoms with Gasteiger partial charge >= 0.3 is 24.2 Å². The van der Waals surface area contributed by atoms with E-state index in [1.54, 1.807) is 0 Å². The van der Waals surface area contributed by atoms with E-state index in [0.717, 1.165) is 4.90 Å². The number of likely N-dealkylation sites (N-methyl/N-ethyl adjacent to an activating group) is 1. The highest BCUT2D eigenvalue weighted by Crippen LogP contribution is 2.46. The Balaban J connectivity index is 2.58. The summed E-state index contributed by atoms with van der Waals surface area (Å²) in [6, 6.07) is 0. The van der Waals surface area contributed by atoms with Crippen LogP contribution in [0.5, 0.6) is 0 Å². The number of nitrogens with zero attached hydrogens (tertiary/aromatic N) is 2. The molecule has 0 aromatic carbocycles. The molecule has 174 valence electrons. The van der Waals surface area contributed by atoms with Gasteiger partial charge in [0.2, 0.25) is 0 Å². The molecular formula is C16H24F10N2O. The number of hydrogen-bond donors (Lipinski definition) is 0. The van der Waals surface area contributed by atoms with E-state index in [1.165, 1.54) is 7.05 Å². The topological polar surface area (TPSA) is 15.7 Å². The number of halogens is 10. The Kier molecular flexibility index (Phi) is 9.03. The van der Waals surface area contributed by atoms with Gasteiger partial charge in [0.1, 0.15) is 0 Å². The summed E-state index contributed by atoms with van der Waals surface area (Å²) in [4.78, 5) is 2.89. The van der Waals surface area contributed by atoms with E-state index in [9.17, 15) is 43.9 Å². The maximum absolute atomic E-state index is 13.9. The minimum Gasteiger partial charge on any atom is -0.379 e. The number of alkyl halides is 10. The highest BCUT2D eigenvalue weighted by molar-refractivity contribution is 4.91. The van der Waals surface area contributed by atoms with Crippen LogP contribution in [0.4, 0.5) is 43.9 Å². The Morgan fingerprint density at radius 1 is 0.897 bits per heavy atom. The molecule has 1 aliphatic rings. The van der Waals surface area contributed by atoms with Crippen LogP contribution < -0.4 is 0 Å². The van der Waals surface area contributed by atoms with E-state index in [1.807, 2.05) is 4.90 Å². The van der Waals surface area contributed by atoms with E-state index in [0.29, 0.717) is 32.8 Å². The molecule has 1 aliphatic heterocycles. The Morgan fingerprint density at radius 2 is 1.45 bits per heavy atom. The molecule has 1 saturated heterocycles.